The lowest BCUT2D eigenvalue weighted by Gasteiger charge is -2.29. The monoisotopic (exact) mass is 572 g/mol. The molecule has 2 unspecified atom stereocenters. The van der Waals surface area contributed by atoms with Crippen LogP contribution in [0.2, 0.25) is 10.0 Å². The lowest BCUT2D eigenvalue weighted by Crippen LogP contribution is -2.34. The van der Waals surface area contributed by atoms with Crippen LogP contribution in [0.25, 0.3) is 17.0 Å². The number of para-hydroxylation sites is 1. The summed E-state index contributed by atoms with van der Waals surface area (Å²) in [5.41, 5.74) is 5.18. The molecule has 1 aliphatic carbocycles. The summed E-state index contributed by atoms with van der Waals surface area (Å²) in [6.07, 6.45) is 4.81. The van der Waals surface area contributed by atoms with Gasteiger partial charge in [-0.3, -0.25) is 4.79 Å². The summed E-state index contributed by atoms with van der Waals surface area (Å²) in [4.78, 5) is 26.5. The zero-order valence-electron chi connectivity index (χ0n) is 21.8. The average Bonchev–Trinajstić information content (AvgIpc) is 3.52. The van der Waals surface area contributed by atoms with Crippen molar-refractivity contribution in [1.82, 2.24) is 5.01 Å². The lowest BCUT2D eigenvalue weighted by atomic mass is 9.77. The van der Waals surface area contributed by atoms with Gasteiger partial charge in [0.1, 0.15) is 5.58 Å². The van der Waals surface area contributed by atoms with Gasteiger partial charge in [-0.05, 0) is 79.3 Å². The lowest BCUT2D eigenvalue weighted by molar-refractivity contribution is -0.137. The first-order chi connectivity index (χ1) is 19.4. The third kappa shape index (κ3) is 5.05. The van der Waals surface area contributed by atoms with Crippen molar-refractivity contribution >= 4 is 57.8 Å². The van der Waals surface area contributed by atoms with Gasteiger partial charge in [0.25, 0.3) is 5.91 Å². The Morgan fingerprint density at radius 1 is 1.02 bits per heavy atom. The van der Waals surface area contributed by atoms with Crippen molar-refractivity contribution in [2.45, 2.75) is 32.2 Å². The molecule has 1 aliphatic heterocycles. The standard InChI is InChI=1S/C32H26Cl2N2O4/c1-19-25-6-2-3-8-27(25)40-31(19)32(38)39-18-28(37)36-30(21-11-15-24(34)16-12-21)26-7-4-5-22(29(26)35-36)17-20-9-13-23(33)14-10-20/h2-3,6,8-17,26,30H,4-5,7,18H2,1H3. The smallest absolute Gasteiger partial charge is 0.375 e. The Labute approximate surface area is 241 Å². The molecule has 2 heterocycles. The number of furan rings is 1. The van der Waals surface area contributed by atoms with E-state index >= 15 is 0 Å². The highest BCUT2D eigenvalue weighted by Crippen LogP contribution is 2.44. The first-order valence-electron chi connectivity index (χ1n) is 13.2. The van der Waals surface area contributed by atoms with E-state index in [0.717, 1.165) is 47.1 Å². The number of allylic oxidation sites excluding steroid dienone is 1. The van der Waals surface area contributed by atoms with Crippen molar-refractivity contribution in [1.29, 1.82) is 0 Å². The second-order valence-corrected chi connectivity index (χ2v) is 10.9. The normalized spacial score (nSPS) is 19.5. The quantitative estimate of drug-likeness (QED) is 0.227. The molecule has 2 aliphatic rings. The van der Waals surface area contributed by atoms with Gasteiger partial charge in [0.05, 0.1) is 11.8 Å². The number of hydrogen-bond donors (Lipinski definition) is 0. The molecule has 2 atom stereocenters. The molecule has 0 radical (unpaired) electrons. The molecule has 4 aromatic rings. The largest absolute Gasteiger partial charge is 0.450 e. The number of aryl methyl sites for hydroxylation is 1. The first kappa shape index (κ1) is 26.4. The van der Waals surface area contributed by atoms with Gasteiger partial charge in [-0.15, -0.1) is 0 Å². The number of benzene rings is 3. The third-order valence-electron chi connectivity index (χ3n) is 7.54. The summed E-state index contributed by atoms with van der Waals surface area (Å²) in [7, 11) is 0. The minimum atomic E-state index is -0.683. The second-order valence-electron chi connectivity index (χ2n) is 10.1. The van der Waals surface area contributed by atoms with Crippen LogP contribution in [-0.2, 0) is 9.53 Å². The third-order valence-corrected chi connectivity index (χ3v) is 8.04. The summed E-state index contributed by atoms with van der Waals surface area (Å²) in [6, 6.07) is 22.2. The minimum Gasteiger partial charge on any atom is -0.450 e. The van der Waals surface area contributed by atoms with Crippen LogP contribution in [0.5, 0.6) is 0 Å². The van der Waals surface area contributed by atoms with Crippen molar-refractivity contribution < 1.29 is 18.7 Å². The first-order valence-corrected chi connectivity index (χ1v) is 13.9. The Hall–Kier alpha value is -3.87. The minimum absolute atomic E-state index is 0.00532. The van der Waals surface area contributed by atoms with E-state index in [1.807, 2.05) is 66.7 Å². The maximum atomic E-state index is 13.6. The van der Waals surface area contributed by atoms with Gasteiger partial charge in [0.15, 0.2) is 6.61 Å². The highest BCUT2D eigenvalue weighted by atomic mass is 35.5. The topological polar surface area (TPSA) is 72.1 Å². The summed E-state index contributed by atoms with van der Waals surface area (Å²) in [6.45, 7) is 1.34. The van der Waals surface area contributed by atoms with E-state index in [1.165, 1.54) is 5.01 Å². The molecule has 1 fully saturated rings. The van der Waals surface area contributed by atoms with Gasteiger partial charge in [-0.1, -0.05) is 65.7 Å². The van der Waals surface area contributed by atoms with Crippen LogP contribution >= 0.6 is 23.2 Å². The van der Waals surface area contributed by atoms with Crippen LogP contribution in [-0.4, -0.2) is 29.2 Å². The van der Waals surface area contributed by atoms with Crippen molar-refractivity contribution in [2.75, 3.05) is 6.61 Å². The second kappa shape index (κ2) is 11.0. The van der Waals surface area contributed by atoms with E-state index < -0.39 is 18.5 Å². The van der Waals surface area contributed by atoms with Crippen molar-refractivity contribution in [2.24, 2.45) is 11.0 Å². The maximum absolute atomic E-state index is 13.6. The molecule has 6 rings (SSSR count). The van der Waals surface area contributed by atoms with Gasteiger partial charge in [0, 0.05) is 26.9 Å². The Balaban J connectivity index is 1.28. The fraction of sp³-hybridized carbons (Fsp3) is 0.219. The van der Waals surface area contributed by atoms with Crippen molar-refractivity contribution in [3.63, 3.8) is 0 Å². The fourth-order valence-corrected chi connectivity index (χ4v) is 5.84. The summed E-state index contributed by atoms with van der Waals surface area (Å²) < 4.78 is 11.2. The number of rotatable bonds is 5. The molecule has 3 aromatic carbocycles. The SMILES string of the molecule is Cc1c(C(=O)OCC(=O)N2N=C3C(=Cc4ccc(Cl)cc4)CCCC3C2c2ccc(Cl)cc2)oc2ccccc12. The van der Waals surface area contributed by atoms with Gasteiger partial charge >= 0.3 is 5.97 Å². The van der Waals surface area contributed by atoms with Crippen LogP contribution < -0.4 is 0 Å². The van der Waals surface area contributed by atoms with E-state index in [-0.39, 0.29) is 17.7 Å². The predicted molar refractivity (Wildman–Crippen MR) is 156 cm³/mol. The van der Waals surface area contributed by atoms with Crippen molar-refractivity contribution in [3.05, 3.63) is 111 Å². The molecule has 1 aromatic heterocycles. The van der Waals surface area contributed by atoms with Crippen LogP contribution in [0.3, 0.4) is 0 Å². The summed E-state index contributed by atoms with van der Waals surface area (Å²) >= 11 is 12.2. The van der Waals surface area contributed by atoms with E-state index in [4.69, 9.17) is 37.5 Å². The number of halogens is 2. The molecule has 0 bridgehead atoms. The zero-order chi connectivity index (χ0) is 27.8. The number of hydrogen-bond acceptors (Lipinski definition) is 5. The number of nitrogens with zero attached hydrogens (tertiary/aromatic N) is 2. The van der Waals surface area contributed by atoms with Crippen LogP contribution in [0.1, 0.15) is 52.5 Å². The number of fused-ring (bicyclic) bond motifs is 2. The number of carbonyl (C=O) groups excluding carboxylic acids is 2. The van der Waals surface area contributed by atoms with Gasteiger partial charge in [-0.2, -0.15) is 5.10 Å². The molecule has 1 saturated carbocycles. The molecule has 1 amide bonds. The molecule has 202 valence electrons. The molecule has 8 heteroatoms. The number of esters is 1. The Morgan fingerprint density at radius 3 is 2.45 bits per heavy atom. The molecular weight excluding hydrogens is 547 g/mol. The molecule has 0 saturated heterocycles. The highest BCUT2D eigenvalue weighted by Gasteiger charge is 2.44. The Kier molecular flexibility index (Phi) is 7.22. The molecule has 0 N–H and O–H groups in total. The molecular formula is C32H26Cl2N2O4. The summed E-state index contributed by atoms with van der Waals surface area (Å²) in [5.74, 6) is -0.990. The average molecular weight is 573 g/mol. The Morgan fingerprint density at radius 2 is 1.73 bits per heavy atom. The van der Waals surface area contributed by atoms with Crippen LogP contribution in [0.15, 0.2) is 87.9 Å². The summed E-state index contributed by atoms with van der Waals surface area (Å²) in [5, 5.41) is 8.44. The number of amides is 1. The zero-order valence-corrected chi connectivity index (χ0v) is 23.3. The predicted octanol–water partition coefficient (Wildman–Crippen LogP) is 8.03. The van der Waals surface area contributed by atoms with E-state index in [0.29, 0.717) is 21.2 Å². The molecule has 40 heavy (non-hydrogen) atoms. The van der Waals surface area contributed by atoms with Crippen LogP contribution in [0, 0.1) is 12.8 Å². The Bertz CT molecular complexity index is 1650. The van der Waals surface area contributed by atoms with Gasteiger partial charge in [-0.25, -0.2) is 9.80 Å². The number of hydrazone groups is 1. The van der Waals surface area contributed by atoms with Crippen LogP contribution in [0.4, 0.5) is 0 Å². The van der Waals surface area contributed by atoms with Crippen molar-refractivity contribution in [3.8, 4) is 0 Å². The highest BCUT2D eigenvalue weighted by molar-refractivity contribution is 6.30. The molecule has 6 nitrogen and oxygen atoms in total. The van der Waals surface area contributed by atoms with Gasteiger partial charge in [0.2, 0.25) is 5.76 Å². The van der Waals surface area contributed by atoms with Gasteiger partial charge < -0.3 is 9.15 Å². The van der Waals surface area contributed by atoms with E-state index in [9.17, 15) is 9.59 Å². The fourth-order valence-electron chi connectivity index (χ4n) is 5.59. The molecule has 0 spiro atoms. The van der Waals surface area contributed by atoms with E-state index in [1.54, 1.807) is 13.0 Å². The maximum Gasteiger partial charge on any atom is 0.375 e. The number of carbonyl (C=O) groups is 2. The van der Waals surface area contributed by atoms with E-state index in [2.05, 4.69) is 6.08 Å². The number of ether oxygens (including phenoxy) is 1.